The number of pyridine rings is 1. The summed E-state index contributed by atoms with van der Waals surface area (Å²) in [5, 5.41) is 4.38. The van der Waals surface area contributed by atoms with Crippen molar-refractivity contribution in [2.45, 2.75) is 30.6 Å². The van der Waals surface area contributed by atoms with Gasteiger partial charge >= 0.3 is 204 Å². The topological polar surface area (TPSA) is 102 Å². The first-order valence-corrected chi connectivity index (χ1v) is 17.0. The van der Waals surface area contributed by atoms with E-state index in [1.54, 1.807) is 17.7 Å². The van der Waals surface area contributed by atoms with Gasteiger partial charge in [-0.3, -0.25) is 0 Å². The Morgan fingerprint density at radius 3 is 2.66 bits per heavy atom. The molecule has 5 rings (SSSR count). The molecular formula is C30H40IN6O4-. The molecule has 0 amide bonds. The van der Waals surface area contributed by atoms with Gasteiger partial charge in [0.1, 0.15) is 0 Å². The zero-order valence-corrected chi connectivity index (χ0v) is 26.7. The fourth-order valence-corrected chi connectivity index (χ4v) is 7.08. The van der Waals surface area contributed by atoms with Gasteiger partial charge in [0.05, 0.1) is 6.61 Å². The van der Waals surface area contributed by atoms with Crippen molar-refractivity contribution in [3.8, 4) is 5.75 Å². The number of anilines is 3. The van der Waals surface area contributed by atoms with Crippen LogP contribution in [0.1, 0.15) is 36.2 Å². The predicted molar refractivity (Wildman–Crippen MR) is 157 cm³/mol. The second-order valence-corrected chi connectivity index (χ2v) is 14.8. The molecule has 222 valence electrons. The summed E-state index contributed by atoms with van der Waals surface area (Å²) in [4.78, 5) is 39.2. The Labute approximate surface area is 251 Å². The summed E-state index contributed by atoms with van der Waals surface area (Å²) < 4.78 is 14.2. The Kier molecular flexibility index (Phi) is 9.32. The Balaban J connectivity index is 1.34. The van der Waals surface area contributed by atoms with Gasteiger partial charge in [-0.1, -0.05) is 0 Å². The number of esters is 1. The minimum atomic E-state index is -0.492. The van der Waals surface area contributed by atoms with Gasteiger partial charge in [-0.05, 0) is 20.5 Å². The van der Waals surface area contributed by atoms with E-state index in [0.717, 1.165) is 54.4 Å². The molecule has 2 aliphatic rings. The number of aryl methyl sites for hydroxylation is 1. The number of ether oxygens (including phenoxy) is 2. The van der Waals surface area contributed by atoms with Gasteiger partial charge in [0.2, 0.25) is 0 Å². The van der Waals surface area contributed by atoms with Crippen molar-refractivity contribution in [1.29, 1.82) is 0 Å². The van der Waals surface area contributed by atoms with E-state index in [0.29, 0.717) is 22.4 Å². The number of hydrogen-bond donors (Lipinski definition) is 1. The van der Waals surface area contributed by atoms with Crippen molar-refractivity contribution in [3.05, 3.63) is 46.4 Å². The van der Waals surface area contributed by atoms with Crippen LogP contribution >= 0.6 is 0 Å². The molecule has 2 aliphatic heterocycles. The average molecular weight is 676 g/mol. The van der Waals surface area contributed by atoms with Crippen molar-refractivity contribution >= 4 is 34.3 Å². The second kappa shape index (κ2) is 12.9. The van der Waals surface area contributed by atoms with Crippen molar-refractivity contribution in [3.63, 3.8) is 0 Å². The monoisotopic (exact) mass is 675 g/mol. The van der Waals surface area contributed by atoms with Crippen molar-refractivity contribution in [2.75, 3.05) is 61.6 Å². The van der Waals surface area contributed by atoms with E-state index in [-0.39, 0.29) is 39.1 Å². The summed E-state index contributed by atoms with van der Waals surface area (Å²) in [6.07, 6.45) is 3.98. The molecule has 0 bridgehead atoms. The van der Waals surface area contributed by atoms with Crippen LogP contribution in [0.15, 0.2) is 35.3 Å². The molecule has 1 aromatic carbocycles. The van der Waals surface area contributed by atoms with Gasteiger partial charge in [-0.25, -0.2) is 4.79 Å². The number of nitrogens with one attached hydrogen (secondary N) is 1. The molecule has 0 aliphatic carbocycles. The first-order valence-electron chi connectivity index (χ1n) is 14.2. The van der Waals surface area contributed by atoms with Gasteiger partial charge in [0.15, 0.2) is 0 Å². The Morgan fingerprint density at radius 2 is 1.95 bits per heavy atom. The van der Waals surface area contributed by atoms with Crippen LogP contribution in [0.3, 0.4) is 0 Å². The van der Waals surface area contributed by atoms with Crippen LogP contribution in [-0.2, 0) is 16.6 Å². The van der Waals surface area contributed by atoms with Crippen molar-refractivity contribution in [2.24, 2.45) is 18.9 Å². The maximum atomic E-state index is 12.9. The van der Waals surface area contributed by atoms with E-state index in [2.05, 4.69) is 24.1 Å². The zero-order chi connectivity index (χ0) is 29.1. The van der Waals surface area contributed by atoms with Gasteiger partial charge in [-0.2, -0.15) is 0 Å². The van der Waals surface area contributed by atoms with Crippen LogP contribution in [0.5, 0.6) is 5.75 Å². The first-order chi connectivity index (χ1) is 19.7. The Bertz CT molecular complexity index is 1450. The summed E-state index contributed by atoms with van der Waals surface area (Å²) in [7, 11) is 5.64. The Hall–Kier alpha value is -2.93. The number of benzene rings is 1. The molecule has 1 N–H and O–H groups in total. The normalized spacial score (nSPS) is 20.5. The molecule has 0 radical (unpaired) electrons. The van der Waals surface area contributed by atoms with Gasteiger partial charge in [0.25, 0.3) is 0 Å². The molecule has 2 aromatic heterocycles. The van der Waals surface area contributed by atoms with E-state index in [4.69, 9.17) is 19.4 Å². The molecule has 4 heterocycles. The molecule has 1 unspecified atom stereocenters. The van der Waals surface area contributed by atoms with Crippen LogP contribution in [0, 0.1) is 11.8 Å². The van der Waals surface area contributed by atoms with E-state index in [1.807, 2.05) is 43.4 Å². The van der Waals surface area contributed by atoms with Crippen LogP contribution < -0.4 is 41.7 Å². The summed E-state index contributed by atoms with van der Waals surface area (Å²) in [6.45, 7) is 7.35. The fraction of sp³-hybridized carbons (Fsp3) is 0.533. The van der Waals surface area contributed by atoms with Crippen molar-refractivity contribution < 1.29 is 35.5 Å². The van der Waals surface area contributed by atoms with E-state index in [9.17, 15) is 9.59 Å². The summed E-state index contributed by atoms with van der Waals surface area (Å²) in [6, 6.07) is 7.56. The molecule has 2 saturated heterocycles. The quantitative estimate of drug-likeness (QED) is 0.135. The van der Waals surface area contributed by atoms with Crippen LogP contribution in [-0.4, -0.2) is 76.8 Å². The van der Waals surface area contributed by atoms with Gasteiger partial charge < -0.3 is 9.64 Å². The van der Waals surface area contributed by atoms with Crippen molar-refractivity contribution in [1.82, 2.24) is 19.4 Å². The number of fused-ring (bicyclic) bond motifs is 1. The molecule has 0 spiro atoms. The molecule has 11 heteroatoms. The predicted octanol–water partition coefficient (Wildman–Crippen LogP) is 0.572. The van der Waals surface area contributed by atoms with E-state index < -0.39 is 5.97 Å². The average Bonchev–Trinajstić information content (AvgIpc) is 3.77. The number of alkyl halides is 2. The van der Waals surface area contributed by atoms with E-state index >= 15 is 0 Å². The SMILES string of the molecule is C[C@@H]1C[C@H](C)CN(c2ncc(C3C[I-]3)c(Nc3ccc4c(c3)cc(OCC(=O)OCCCN(C)C)c(=O)n4C)n2)C1. The number of halogens is 1. The molecule has 3 aromatic rings. The molecule has 0 saturated carbocycles. The standard InChI is InChI=1S/C30H40IN6O4/c1-19-11-20(2)17-37(16-19)30-32-15-23(24-14-31-24)28(34-30)33-22-7-8-25-21(12-22)13-26(29(39)36(25)5)41-18-27(38)40-10-6-9-35(3)4/h7-8,12-13,15,19-20,24H,6,9-11,14,16-18H2,1-5H3,(H,32,33,34)/q-1/t19-,20+,24?. The third-order valence-corrected chi connectivity index (χ3v) is 9.85. The molecule has 3 atom stereocenters. The Morgan fingerprint density at radius 1 is 1.20 bits per heavy atom. The van der Waals surface area contributed by atoms with E-state index in [1.165, 1.54) is 16.4 Å². The van der Waals surface area contributed by atoms with Gasteiger partial charge in [0, 0.05) is 6.54 Å². The molecule has 41 heavy (non-hydrogen) atoms. The minimum absolute atomic E-state index is 0.114. The number of aromatic nitrogens is 3. The van der Waals surface area contributed by atoms with Crippen LogP contribution in [0.25, 0.3) is 10.9 Å². The van der Waals surface area contributed by atoms with Gasteiger partial charge in [-0.15, -0.1) is 0 Å². The molecule has 10 nitrogen and oxygen atoms in total. The third-order valence-electron chi connectivity index (χ3n) is 7.41. The second-order valence-electron chi connectivity index (χ2n) is 11.5. The number of rotatable bonds is 11. The summed E-state index contributed by atoms with van der Waals surface area (Å²) in [5.41, 5.74) is 2.52. The van der Waals surface area contributed by atoms with Crippen LogP contribution in [0.2, 0.25) is 0 Å². The number of hydrogen-bond acceptors (Lipinski definition) is 9. The zero-order valence-electron chi connectivity index (χ0n) is 24.5. The number of carbonyl (C=O) groups is 1. The summed E-state index contributed by atoms with van der Waals surface area (Å²) in [5.74, 6) is 2.49. The number of piperidine rings is 1. The third kappa shape index (κ3) is 7.48. The maximum absolute atomic E-state index is 12.9. The molecular weight excluding hydrogens is 635 g/mol. The first kappa shape index (κ1) is 29.6. The van der Waals surface area contributed by atoms with Crippen LogP contribution in [0.4, 0.5) is 17.5 Å². The number of carbonyl (C=O) groups excluding carboxylic acids is 1. The fourth-order valence-electron chi connectivity index (χ4n) is 5.42. The number of nitrogens with zero attached hydrogens (tertiary/aromatic N) is 5. The summed E-state index contributed by atoms with van der Waals surface area (Å²) >= 11 is 0.174. The molecule has 2 fully saturated rings.